The first-order valence-electron chi connectivity index (χ1n) is 4.81. The number of aromatic nitrogens is 2. The van der Waals surface area contributed by atoms with Crippen LogP contribution in [0.2, 0.25) is 0 Å². The second-order valence-electron chi connectivity index (χ2n) is 3.32. The fourth-order valence-electron chi connectivity index (χ4n) is 1.40. The fourth-order valence-corrected chi connectivity index (χ4v) is 1.78. The van der Waals surface area contributed by atoms with E-state index in [-0.39, 0.29) is 6.61 Å². The number of hydrogen-bond acceptors (Lipinski definition) is 3. The van der Waals surface area contributed by atoms with Gasteiger partial charge in [0.2, 0.25) is 0 Å². The number of fused-ring (bicyclic) bond motifs is 1. The number of benzene rings is 1. The van der Waals surface area contributed by atoms with E-state index in [0.717, 1.165) is 27.6 Å². The lowest BCUT2D eigenvalue weighted by Crippen LogP contribution is -1.97. The molecule has 0 amide bonds. The van der Waals surface area contributed by atoms with Crippen molar-refractivity contribution in [1.82, 2.24) is 9.97 Å². The highest BCUT2D eigenvalue weighted by molar-refractivity contribution is 9.10. The van der Waals surface area contributed by atoms with Crippen LogP contribution in [0.5, 0.6) is 0 Å². The molecule has 0 unspecified atom stereocenters. The van der Waals surface area contributed by atoms with E-state index in [9.17, 15) is 0 Å². The van der Waals surface area contributed by atoms with E-state index in [4.69, 9.17) is 5.11 Å². The van der Waals surface area contributed by atoms with Gasteiger partial charge in [0.1, 0.15) is 5.82 Å². The van der Waals surface area contributed by atoms with Crippen LogP contribution in [0.15, 0.2) is 28.9 Å². The van der Waals surface area contributed by atoms with Crippen molar-refractivity contribution in [3.05, 3.63) is 34.7 Å². The summed E-state index contributed by atoms with van der Waals surface area (Å²) in [4.78, 5) is 8.65. The largest absolute Gasteiger partial charge is 0.396 e. The summed E-state index contributed by atoms with van der Waals surface area (Å²) in [5.41, 5.74) is 0.945. The van der Waals surface area contributed by atoms with Gasteiger partial charge in [0.05, 0.1) is 5.52 Å². The van der Waals surface area contributed by atoms with Crippen LogP contribution >= 0.6 is 15.9 Å². The van der Waals surface area contributed by atoms with Crippen LogP contribution in [0.4, 0.5) is 0 Å². The van der Waals surface area contributed by atoms with Crippen molar-refractivity contribution >= 4 is 26.8 Å². The quantitative estimate of drug-likeness (QED) is 0.928. The minimum atomic E-state index is 0.182. The van der Waals surface area contributed by atoms with Crippen molar-refractivity contribution in [1.29, 1.82) is 0 Å². The molecule has 4 heteroatoms. The van der Waals surface area contributed by atoms with E-state index in [1.807, 2.05) is 24.4 Å². The molecular weight excluding hydrogens is 256 g/mol. The van der Waals surface area contributed by atoms with Gasteiger partial charge in [-0.25, -0.2) is 9.97 Å². The van der Waals surface area contributed by atoms with E-state index in [1.54, 1.807) is 0 Å². The average molecular weight is 267 g/mol. The SMILES string of the molecule is OCCCc1ncc2cc(Br)ccc2n1. The van der Waals surface area contributed by atoms with Gasteiger partial charge in [-0.1, -0.05) is 15.9 Å². The maximum atomic E-state index is 8.72. The van der Waals surface area contributed by atoms with E-state index < -0.39 is 0 Å². The van der Waals surface area contributed by atoms with Gasteiger partial charge in [-0.15, -0.1) is 0 Å². The molecule has 1 N–H and O–H groups in total. The first-order valence-corrected chi connectivity index (χ1v) is 5.61. The molecule has 0 aliphatic heterocycles. The van der Waals surface area contributed by atoms with Crippen molar-refractivity contribution in [2.75, 3.05) is 6.61 Å². The minimum absolute atomic E-state index is 0.182. The molecule has 0 bridgehead atoms. The molecule has 3 nitrogen and oxygen atoms in total. The summed E-state index contributed by atoms with van der Waals surface area (Å²) in [5, 5.41) is 9.74. The highest BCUT2D eigenvalue weighted by atomic mass is 79.9. The Morgan fingerprint density at radius 3 is 3.00 bits per heavy atom. The lowest BCUT2D eigenvalue weighted by atomic mass is 10.2. The topological polar surface area (TPSA) is 46.0 Å². The van der Waals surface area contributed by atoms with Gasteiger partial charge in [-0.3, -0.25) is 0 Å². The monoisotopic (exact) mass is 266 g/mol. The van der Waals surface area contributed by atoms with Gasteiger partial charge in [0.15, 0.2) is 0 Å². The van der Waals surface area contributed by atoms with Crippen LogP contribution in [-0.4, -0.2) is 21.7 Å². The molecule has 0 aliphatic rings. The van der Waals surface area contributed by atoms with Crippen LogP contribution < -0.4 is 0 Å². The Morgan fingerprint density at radius 2 is 2.20 bits per heavy atom. The van der Waals surface area contributed by atoms with E-state index in [0.29, 0.717) is 6.42 Å². The molecule has 1 aromatic heterocycles. The standard InChI is InChI=1S/C11H11BrN2O/c12-9-3-4-10-8(6-9)7-13-11(14-10)2-1-5-15/h3-4,6-7,15H,1-2,5H2. The molecule has 0 spiro atoms. The third-order valence-electron chi connectivity index (χ3n) is 2.15. The van der Waals surface area contributed by atoms with Crippen LogP contribution in [-0.2, 0) is 6.42 Å². The smallest absolute Gasteiger partial charge is 0.129 e. The second kappa shape index (κ2) is 4.68. The molecule has 78 valence electrons. The van der Waals surface area contributed by atoms with Crippen LogP contribution in [0.1, 0.15) is 12.2 Å². The van der Waals surface area contributed by atoms with Gasteiger partial charge >= 0.3 is 0 Å². The van der Waals surface area contributed by atoms with Crippen LogP contribution in [0, 0.1) is 0 Å². The molecule has 0 saturated heterocycles. The summed E-state index contributed by atoms with van der Waals surface area (Å²) in [6.45, 7) is 0.182. The number of nitrogens with zero attached hydrogens (tertiary/aromatic N) is 2. The van der Waals surface area contributed by atoms with Gasteiger partial charge in [0.25, 0.3) is 0 Å². The number of rotatable bonds is 3. The second-order valence-corrected chi connectivity index (χ2v) is 4.23. The Bertz CT molecular complexity index is 473. The van der Waals surface area contributed by atoms with Crippen molar-refractivity contribution in [3.63, 3.8) is 0 Å². The Labute approximate surface area is 96.3 Å². The van der Waals surface area contributed by atoms with Gasteiger partial charge < -0.3 is 5.11 Å². The molecule has 0 fully saturated rings. The fraction of sp³-hybridized carbons (Fsp3) is 0.273. The lowest BCUT2D eigenvalue weighted by molar-refractivity contribution is 0.287. The Morgan fingerprint density at radius 1 is 1.33 bits per heavy atom. The zero-order chi connectivity index (χ0) is 10.7. The molecule has 2 aromatic rings. The number of halogens is 1. The molecule has 1 aromatic carbocycles. The molecule has 1 heterocycles. The van der Waals surface area contributed by atoms with Gasteiger partial charge in [0, 0.05) is 29.1 Å². The van der Waals surface area contributed by atoms with Crippen molar-refractivity contribution in [2.45, 2.75) is 12.8 Å². The first-order chi connectivity index (χ1) is 7.29. The minimum Gasteiger partial charge on any atom is -0.396 e. The molecule has 0 atom stereocenters. The number of aliphatic hydroxyl groups is 1. The Balaban J connectivity index is 2.34. The third-order valence-corrected chi connectivity index (χ3v) is 2.64. The Kier molecular flexibility index (Phi) is 3.28. The van der Waals surface area contributed by atoms with E-state index in [1.165, 1.54) is 0 Å². The summed E-state index contributed by atoms with van der Waals surface area (Å²) in [6.07, 6.45) is 3.25. The molecule has 2 rings (SSSR count). The molecular formula is C11H11BrN2O. The molecule has 0 aliphatic carbocycles. The maximum Gasteiger partial charge on any atom is 0.129 e. The first kappa shape index (κ1) is 10.5. The maximum absolute atomic E-state index is 8.72. The highest BCUT2D eigenvalue weighted by Gasteiger charge is 2.00. The van der Waals surface area contributed by atoms with E-state index >= 15 is 0 Å². The molecule has 0 radical (unpaired) electrons. The van der Waals surface area contributed by atoms with Gasteiger partial charge in [-0.05, 0) is 24.6 Å². The van der Waals surface area contributed by atoms with Crippen LogP contribution in [0.3, 0.4) is 0 Å². The molecule has 0 saturated carbocycles. The van der Waals surface area contributed by atoms with Crippen molar-refractivity contribution < 1.29 is 5.11 Å². The van der Waals surface area contributed by atoms with Gasteiger partial charge in [-0.2, -0.15) is 0 Å². The average Bonchev–Trinajstić information content (AvgIpc) is 2.26. The summed E-state index contributed by atoms with van der Waals surface area (Å²) in [6, 6.07) is 5.92. The summed E-state index contributed by atoms with van der Waals surface area (Å²) in [5.74, 6) is 0.791. The predicted molar refractivity (Wildman–Crippen MR) is 62.6 cm³/mol. The summed E-state index contributed by atoms with van der Waals surface area (Å²) < 4.78 is 1.03. The summed E-state index contributed by atoms with van der Waals surface area (Å²) in [7, 11) is 0. The third kappa shape index (κ3) is 2.52. The zero-order valence-electron chi connectivity index (χ0n) is 8.15. The number of aryl methyl sites for hydroxylation is 1. The van der Waals surface area contributed by atoms with E-state index in [2.05, 4.69) is 25.9 Å². The highest BCUT2D eigenvalue weighted by Crippen LogP contribution is 2.17. The van der Waals surface area contributed by atoms with Crippen molar-refractivity contribution in [3.8, 4) is 0 Å². The molecule has 15 heavy (non-hydrogen) atoms. The predicted octanol–water partition coefficient (Wildman–Crippen LogP) is 2.32. The number of aliphatic hydroxyl groups excluding tert-OH is 1. The number of hydrogen-bond donors (Lipinski definition) is 1. The van der Waals surface area contributed by atoms with Crippen molar-refractivity contribution in [2.24, 2.45) is 0 Å². The summed E-state index contributed by atoms with van der Waals surface area (Å²) >= 11 is 3.40. The zero-order valence-corrected chi connectivity index (χ0v) is 9.74. The lowest BCUT2D eigenvalue weighted by Gasteiger charge is -2.01. The van der Waals surface area contributed by atoms with Crippen LogP contribution in [0.25, 0.3) is 10.9 Å². The Hall–Kier alpha value is -1.00. The normalized spacial score (nSPS) is 10.8.